The molecular weight excluding hydrogens is 264 g/mol. The van der Waals surface area contributed by atoms with Crippen LogP contribution in [-0.4, -0.2) is 19.1 Å². The summed E-state index contributed by atoms with van der Waals surface area (Å²) in [6, 6.07) is 5.51. The molecule has 4 heteroatoms. The Balaban J connectivity index is 1.87. The first-order valence-electron chi connectivity index (χ1n) is 7.79. The van der Waals surface area contributed by atoms with Crippen LogP contribution in [0.2, 0.25) is 0 Å². The van der Waals surface area contributed by atoms with Crippen LogP contribution in [0.5, 0.6) is 0 Å². The van der Waals surface area contributed by atoms with E-state index in [0.29, 0.717) is 24.0 Å². The molecule has 1 saturated carbocycles. The minimum atomic E-state index is -0.390. The Morgan fingerprint density at radius 1 is 1.29 bits per heavy atom. The third kappa shape index (κ3) is 4.29. The standard InChI is InChI=1S/C17H26N2O2/c1-12-8-13(17(19)20)6-7-15(12)10-21-11-16-5-3-2-4-14(16)9-18/h6-8,14,16H,2-5,9-11,18H2,1H3,(H2,19,20). The van der Waals surface area contributed by atoms with Crippen molar-refractivity contribution in [3.8, 4) is 0 Å². The topological polar surface area (TPSA) is 78.3 Å². The minimum absolute atomic E-state index is 0.390. The molecule has 0 radical (unpaired) electrons. The zero-order chi connectivity index (χ0) is 15.2. The van der Waals surface area contributed by atoms with Crippen LogP contribution in [0.25, 0.3) is 0 Å². The van der Waals surface area contributed by atoms with Gasteiger partial charge in [-0.1, -0.05) is 18.9 Å². The summed E-state index contributed by atoms with van der Waals surface area (Å²) in [6.07, 6.45) is 5.04. The molecule has 2 atom stereocenters. The smallest absolute Gasteiger partial charge is 0.248 e. The zero-order valence-electron chi connectivity index (χ0n) is 12.8. The summed E-state index contributed by atoms with van der Waals surface area (Å²) in [6.45, 7) is 4.10. The Kier molecular flexibility index (Phi) is 5.76. The molecular formula is C17H26N2O2. The van der Waals surface area contributed by atoms with E-state index in [9.17, 15) is 4.79 Å². The average molecular weight is 290 g/mol. The van der Waals surface area contributed by atoms with Gasteiger partial charge in [0.25, 0.3) is 0 Å². The molecule has 1 amide bonds. The second-order valence-electron chi connectivity index (χ2n) is 6.06. The highest BCUT2D eigenvalue weighted by Gasteiger charge is 2.23. The van der Waals surface area contributed by atoms with E-state index in [1.54, 1.807) is 6.07 Å². The van der Waals surface area contributed by atoms with Crippen molar-refractivity contribution < 1.29 is 9.53 Å². The molecule has 1 fully saturated rings. The van der Waals surface area contributed by atoms with Gasteiger partial charge in [0.05, 0.1) is 13.2 Å². The lowest BCUT2D eigenvalue weighted by atomic mass is 9.80. The van der Waals surface area contributed by atoms with Crippen LogP contribution in [0, 0.1) is 18.8 Å². The zero-order valence-corrected chi connectivity index (χ0v) is 12.8. The monoisotopic (exact) mass is 290 g/mol. The van der Waals surface area contributed by atoms with Crippen LogP contribution in [0.4, 0.5) is 0 Å². The predicted octanol–water partition coefficient (Wildman–Crippen LogP) is 2.38. The van der Waals surface area contributed by atoms with E-state index < -0.39 is 5.91 Å². The van der Waals surface area contributed by atoms with Crippen molar-refractivity contribution in [3.05, 3.63) is 34.9 Å². The van der Waals surface area contributed by atoms with Crippen LogP contribution in [0.15, 0.2) is 18.2 Å². The average Bonchev–Trinajstić information content (AvgIpc) is 2.49. The van der Waals surface area contributed by atoms with Crippen LogP contribution in [0.3, 0.4) is 0 Å². The van der Waals surface area contributed by atoms with Gasteiger partial charge in [-0.05, 0) is 61.4 Å². The summed E-state index contributed by atoms with van der Waals surface area (Å²) in [5.41, 5.74) is 13.8. The quantitative estimate of drug-likeness (QED) is 0.844. The van der Waals surface area contributed by atoms with Crippen molar-refractivity contribution in [2.24, 2.45) is 23.3 Å². The summed E-state index contributed by atoms with van der Waals surface area (Å²) >= 11 is 0. The van der Waals surface area contributed by atoms with Gasteiger partial charge in [0.1, 0.15) is 0 Å². The summed E-state index contributed by atoms with van der Waals surface area (Å²) in [5.74, 6) is 0.810. The Labute approximate surface area is 126 Å². The van der Waals surface area contributed by atoms with Gasteiger partial charge in [-0.25, -0.2) is 0 Å². The van der Waals surface area contributed by atoms with E-state index in [-0.39, 0.29) is 0 Å². The molecule has 4 N–H and O–H groups in total. The van der Waals surface area contributed by atoms with Crippen molar-refractivity contribution in [1.29, 1.82) is 0 Å². The Morgan fingerprint density at radius 2 is 2.00 bits per heavy atom. The molecule has 1 aliphatic rings. The number of ether oxygens (including phenoxy) is 1. The molecule has 4 nitrogen and oxygen atoms in total. The molecule has 1 aromatic carbocycles. The number of carbonyl (C=O) groups excluding carboxylic acids is 1. The van der Waals surface area contributed by atoms with Crippen LogP contribution in [0.1, 0.15) is 47.2 Å². The first-order chi connectivity index (χ1) is 10.1. The van der Waals surface area contributed by atoms with Crippen molar-refractivity contribution in [2.45, 2.75) is 39.2 Å². The lowest BCUT2D eigenvalue weighted by molar-refractivity contribution is 0.0510. The molecule has 2 rings (SSSR count). The van der Waals surface area contributed by atoms with Crippen molar-refractivity contribution >= 4 is 5.91 Å². The molecule has 1 aliphatic carbocycles. The lowest BCUT2D eigenvalue weighted by Gasteiger charge is -2.30. The fourth-order valence-electron chi connectivity index (χ4n) is 3.15. The molecule has 0 heterocycles. The van der Waals surface area contributed by atoms with Crippen molar-refractivity contribution in [3.63, 3.8) is 0 Å². The SMILES string of the molecule is Cc1cc(C(N)=O)ccc1COCC1CCCCC1CN. The third-order valence-corrected chi connectivity index (χ3v) is 4.59. The number of aryl methyl sites for hydroxylation is 1. The predicted molar refractivity (Wildman–Crippen MR) is 83.9 cm³/mol. The van der Waals surface area contributed by atoms with Gasteiger partial charge in [0.15, 0.2) is 0 Å². The number of benzene rings is 1. The minimum Gasteiger partial charge on any atom is -0.376 e. The van der Waals surface area contributed by atoms with E-state index in [2.05, 4.69) is 0 Å². The lowest BCUT2D eigenvalue weighted by Crippen LogP contribution is -2.29. The summed E-state index contributed by atoms with van der Waals surface area (Å²) < 4.78 is 5.90. The number of nitrogens with two attached hydrogens (primary N) is 2. The maximum atomic E-state index is 11.1. The first-order valence-corrected chi connectivity index (χ1v) is 7.79. The van der Waals surface area contributed by atoms with Gasteiger partial charge in [-0.3, -0.25) is 4.79 Å². The fraction of sp³-hybridized carbons (Fsp3) is 0.588. The normalized spacial score (nSPS) is 22.2. The summed E-state index contributed by atoms with van der Waals surface area (Å²) in [7, 11) is 0. The van der Waals surface area contributed by atoms with Crippen LogP contribution in [-0.2, 0) is 11.3 Å². The number of hydrogen-bond acceptors (Lipinski definition) is 3. The Morgan fingerprint density at radius 3 is 2.62 bits per heavy atom. The number of carbonyl (C=O) groups is 1. The molecule has 21 heavy (non-hydrogen) atoms. The highest BCUT2D eigenvalue weighted by molar-refractivity contribution is 5.93. The van der Waals surface area contributed by atoms with Gasteiger partial charge < -0.3 is 16.2 Å². The molecule has 0 spiro atoms. The molecule has 1 aromatic rings. The van der Waals surface area contributed by atoms with Gasteiger partial charge >= 0.3 is 0 Å². The molecule has 116 valence electrons. The van der Waals surface area contributed by atoms with Crippen molar-refractivity contribution in [1.82, 2.24) is 0 Å². The second kappa shape index (κ2) is 7.57. The Bertz CT molecular complexity index is 488. The molecule has 2 unspecified atom stereocenters. The van der Waals surface area contributed by atoms with Crippen LogP contribution >= 0.6 is 0 Å². The van der Waals surface area contributed by atoms with Crippen molar-refractivity contribution in [2.75, 3.05) is 13.2 Å². The highest BCUT2D eigenvalue weighted by atomic mass is 16.5. The molecule has 0 saturated heterocycles. The third-order valence-electron chi connectivity index (χ3n) is 4.59. The van der Waals surface area contributed by atoms with E-state index in [4.69, 9.17) is 16.2 Å². The molecule has 0 bridgehead atoms. The summed E-state index contributed by atoms with van der Waals surface area (Å²) in [4.78, 5) is 11.1. The van der Waals surface area contributed by atoms with Gasteiger partial charge in [0, 0.05) is 5.56 Å². The fourth-order valence-corrected chi connectivity index (χ4v) is 3.15. The second-order valence-corrected chi connectivity index (χ2v) is 6.06. The van der Waals surface area contributed by atoms with Gasteiger partial charge in [-0.15, -0.1) is 0 Å². The molecule has 0 aromatic heterocycles. The van der Waals surface area contributed by atoms with E-state index >= 15 is 0 Å². The van der Waals surface area contributed by atoms with Gasteiger partial charge in [-0.2, -0.15) is 0 Å². The molecule has 0 aliphatic heterocycles. The van der Waals surface area contributed by atoms with Gasteiger partial charge in [0.2, 0.25) is 5.91 Å². The maximum Gasteiger partial charge on any atom is 0.248 e. The van der Waals surface area contributed by atoms with E-state index in [0.717, 1.165) is 24.3 Å². The number of hydrogen-bond donors (Lipinski definition) is 2. The maximum absolute atomic E-state index is 11.1. The van der Waals surface area contributed by atoms with Crippen LogP contribution < -0.4 is 11.5 Å². The van der Waals surface area contributed by atoms with E-state index in [1.165, 1.54) is 25.7 Å². The number of rotatable bonds is 6. The summed E-state index contributed by atoms with van der Waals surface area (Å²) in [5, 5.41) is 0. The largest absolute Gasteiger partial charge is 0.376 e. The number of amides is 1. The van der Waals surface area contributed by atoms with E-state index in [1.807, 2.05) is 19.1 Å². The highest BCUT2D eigenvalue weighted by Crippen LogP contribution is 2.29. The number of primary amides is 1. The first kappa shape index (κ1) is 16.0. The Hall–Kier alpha value is -1.39.